The zero-order chi connectivity index (χ0) is 21.8. The summed E-state index contributed by atoms with van der Waals surface area (Å²) in [5.74, 6) is 2.08. The lowest BCUT2D eigenvalue weighted by Crippen LogP contribution is -2.47. The van der Waals surface area contributed by atoms with E-state index in [0.717, 1.165) is 30.8 Å². The van der Waals surface area contributed by atoms with Gasteiger partial charge in [0.15, 0.2) is 24.1 Å². The number of anilines is 1. The second-order valence-corrected chi connectivity index (χ2v) is 7.56. The van der Waals surface area contributed by atoms with E-state index in [0.29, 0.717) is 35.1 Å². The summed E-state index contributed by atoms with van der Waals surface area (Å²) in [4.78, 5) is 29.6. The zero-order valence-corrected chi connectivity index (χ0v) is 17.3. The van der Waals surface area contributed by atoms with Crippen LogP contribution >= 0.6 is 11.6 Å². The minimum Gasteiger partial charge on any atom is -0.436 e. The summed E-state index contributed by atoms with van der Waals surface area (Å²) in [5, 5.41) is 4.23. The van der Waals surface area contributed by atoms with E-state index in [1.807, 2.05) is 0 Å². The normalized spacial score (nSPS) is 16.2. The van der Waals surface area contributed by atoms with Crippen molar-refractivity contribution in [2.24, 2.45) is 0 Å². The highest BCUT2D eigenvalue weighted by Crippen LogP contribution is 2.28. The largest absolute Gasteiger partial charge is 0.436 e. The van der Waals surface area contributed by atoms with Gasteiger partial charge < -0.3 is 19.9 Å². The Morgan fingerprint density at radius 1 is 1.42 bits per heavy atom. The first kappa shape index (κ1) is 20.9. The molecular formula is C21H20ClFN6O2. The van der Waals surface area contributed by atoms with Gasteiger partial charge in [-0.1, -0.05) is 17.5 Å². The number of nitrogens with one attached hydrogen (secondary N) is 2. The quantitative estimate of drug-likeness (QED) is 0.583. The standard InChI is InChI=1S/C21H20ClFN6O2/c1-2-7-31-21(30)29-6-4-3-5-14(29)10-25-20-17(23)12-27-19(28-20)16-11-26-18-15(16)8-13(22)9-24-18/h1,8-9,11-12,14H,3-7,10H2,(H,24,26)(H,25,27,28)/t14-/m1/s1. The second-order valence-electron chi connectivity index (χ2n) is 7.12. The molecule has 1 aliphatic heterocycles. The fourth-order valence-corrected chi connectivity index (χ4v) is 3.80. The number of aromatic nitrogens is 4. The predicted octanol–water partition coefficient (Wildman–Crippen LogP) is 3.85. The van der Waals surface area contributed by atoms with Gasteiger partial charge in [0.1, 0.15) is 5.65 Å². The van der Waals surface area contributed by atoms with Gasteiger partial charge in [-0.15, -0.1) is 6.42 Å². The summed E-state index contributed by atoms with van der Waals surface area (Å²) in [6, 6.07) is 1.59. The molecule has 1 fully saturated rings. The van der Waals surface area contributed by atoms with Gasteiger partial charge in [-0.25, -0.2) is 24.1 Å². The number of H-pyrrole nitrogens is 1. The van der Waals surface area contributed by atoms with Gasteiger partial charge in [0.05, 0.1) is 17.3 Å². The molecule has 0 unspecified atom stereocenters. The maximum Gasteiger partial charge on any atom is 0.411 e. The predicted molar refractivity (Wildman–Crippen MR) is 115 cm³/mol. The number of carbonyl (C=O) groups excluding carboxylic acids is 1. The van der Waals surface area contributed by atoms with E-state index in [2.05, 4.69) is 31.2 Å². The minimum absolute atomic E-state index is 0.0526. The molecule has 1 amide bonds. The Kier molecular flexibility index (Phi) is 6.18. The Bertz CT molecular complexity index is 1140. The molecule has 31 heavy (non-hydrogen) atoms. The van der Waals surface area contributed by atoms with Crippen LogP contribution in [0, 0.1) is 18.2 Å². The van der Waals surface area contributed by atoms with E-state index in [1.165, 1.54) is 6.20 Å². The van der Waals surface area contributed by atoms with Crippen LogP contribution in [0.4, 0.5) is 15.0 Å². The summed E-state index contributed by atoms with van der Waals surface area (Å²) >= 11 is 6.06. The van der Waals surface area contributed by atoms with Crippen molar-refractivity contribution in [2.75, 3.05) is 25.0 Å². The molecule has 3 aromatic rings. The lowest BCUT2D eigenvalue weighted by atomic mass is 10.0. The highest BCUT2D eigenvalue weighted by molar-refractivity contribution is 6.31. The average Bonchev–Trinajstić information content (AvgIpc) is 3.20. The van der Waals surface area contributed by atoms with Crippen molar-refractivity contribution >= 4 is 34.5 Å². The summed E-state index contributed by atoms with van der Waals surface area (Å²) in [6.45, 7) is 0.805. The molecule has 0 saturated carbocycles. The molecule has 0 spiro atoms. The van der Waals surface area contributed by atoms with Crippen molar-refractivity contribution in [3.8, 4) is 23.7 Å². The zero-order valence-electron chi connectivity index (χ0n) is 16.6. The Balaban J connectivity index is 1.53. The molecule has 4 rings (SSSR count). The number of hydrogen-bond donors (Lipinski definition) is 2. The van der Waals surface area contributed by atoms with Crippen LogP contribution in [0.5, 0.6) is 0 Å². The molecular weight excluding hydrogens is 423 g/mol. The number of terminal acetylenes is 1. The third-order valence-electron chi connectivity index (χ3n) is 5.13. The Morgan fingerprint density at radius 3 is 3.13 bits per heavy atom. The number of amides is 1. The van der Waals surface area contributed by atoms with Gasteiger partial charge in [0, 0.05) is 36.4 Å². The summed E-state index contributed by atoms with van der Waals surface area (Å²) in [5.41, 5.74) is 1.29. The third-order valence-corrected chi connectivity index (χ3v) is 5.34. The number of carbonyl (C=O) groups is 1. The number of rotatable bonds is 5. The first-order valence-corrected chi connectivity index (χ1v) is 10.2. The molecule has 0 aromatic carbocycles. The average molecular weight is 443 g/mol. The number of piperidine rings is 1. The first-order chi connectivity index (χ1) is 15.1. The highest BCUT2D eigenvalue weighted by Gasteiger charge is 2.28. The van der Waals surface area contributed by atoms with Gasteiger partial charge in [0.25, 0.3) is 0 Å². The van der Waals surface area contributed by atoms with Crippen molar-refractivity contribution in [1.29, 1.82) is 0 Å². The minimum atomic E-state index is -0.586. The van der Waals surface area contributed by atoms with Crippen LogP contribution in [0.25, 0.3) is 22.4 Å². The molecule has 0 radical (unpaired) electrons. The maximum atomic E-state index is 14.4. The second kappa shape index (κ2) is 9.18. The van der Waals surface area contributed by atoms with Crippen molar-refractivity contribution in [3.63, 3.8) is 0 Å². The number of likely N-dealkylation sites (tertiary alicyclic amines) is 1. The monoisotopic (exact) mass is 442 g/mol. The Labute approximate surface area is 183 Å². The van der Waals surface area contributed by atoms with E-state index in [1.54, 1.807) is 17.2 Å². The van der Waals surface area contributed by atoms with E-state index in [4.69, 9.17) is 22.8 Å². The van der Waals surface area contributed by atoms with Crippen LogP contribution in [-0.2, 0) is 4.74 Å². The van der Waals surface area contributed by atoms with Gasteiger partial charge in [-0.05, 0) is 25.3 Å². The molecule has 10 heteroatoms. The maximum absolute atomic E-state index is 14.4. The number of nitrogens with zero attached hydrogens (tertiary/aromatic N) is 4. The number of hydrogen-bond acceptors (Lipinski definition) is 6. The molecule has 1 aliphatic rings. The topological polar surface area (TPSA) is 96.0 Å². The van der Waals surface area contributed by atoms with E-state index >= 15 is 0 Å². The first-order valence-electron chi connectivity index (χ1n) is 9.83. The van der Waals surface area contributed by atoms with Crippen LogP contribution < -0.4 is 5.32 Å². The van der Waals surface area contributed by atoms with Crippen LogP contribution in [-0.4, -0.2) is 56.7 Å². The molecule has 4 heterocycles. The highest BCUT2D eigenvalue weighted by atomic mass is 35.5. The number of fused-ring (bicyclic) bond motifs is 1. The van der Waals surface area contributed by atoms with Crippen molar-refractivity contribution in [2.45, 2.75) is 25.3 Å². The lowest BCUT2D eigenvalue weighted by Gasteiger charge is -2.34. The molecule has 1 atom stereocenters. The van der Waals surface area contributed by atoms with E-state index in [-0.39, 0.29) is 18.5 Å². The Hall–Kier alpha value is -3.38. The molecule has 160 valence electrons. The van der Waals surface area contributed by atoms with Gasteiger partial charge in [-0.2, -0.15) is 0 Å². The molecule has 0 aliphatic carbocycles. The van der Waals surface area contributed by atoms with Crippen molar-refractivity contribution in [3.05, 3.63) is 35.5 Å². The van der Waals surface area contributed by atoms with E-state index < -0.39 is 11.9 Å². The number of halogens is 2. The Morgan fingerprint density at radius 2 is 2.29 bits per heavy atom. The van der Waals surface area contributed by atoms with Crippen LogP contribution in [0.1, 0.15) is 19.3 Å². The molecule has 0 bridgehead atoms. The number of pyridine rings is 1. The van der Waals surface area contributed by atoms with Crippen molar-refractivity contribution < 1.29 is 13.9 Å². The fraction of sp³-hybridized carbons (Fsp3) is 0.333. The van der Waals surface area contributed by atoms with Crippen LogP contribution in [0.15, 0.2) is 24.7 Å². The van der Waals surface area contributed by atoms with Gasteiger partial charge in [0.2, 0.25) is 0 Å². The molecule has 3 aromatic heterocycles. The summed E-state index contributed by atoms with van der Waals surface area (Å²) in [6.07, 6.45) is 11.7. The lowest BCUT2D eigenvalue weighted by molar-refractivity contribution is 0.0850. The smallest absolute Gasteiger partial charge is 0.411 e. The molecule has 8 nitrogen and oxygen atoms in total. The fourth-order valence-electron chi connectivity index (χ4n) is 3.64. The van der Waals surface area contributed by atoms with E-state index in [9.17, 15) is 9.18 Å². The summed E-state index contributed by atoms with van der Waals surface area (Å²) in [7, 11) is 0. The SMILES string of the molecule is C#CCOC(=O)N1CCCC[C@@H]1CNc1nc(-c2c[nH]c3ncc(Cl)cc23)ncc1F. The van der Waals surface area contributed by atoms with Gasteiger partial charge >= 0.3 is 6.09 Å². The number of ether oxygens (including phenoxy) is 1. The number of aromatic amines is 1. The molecule has 1 saturated heterocycles. The van der Waals surface area contributed by atoms with Crippen molar-refractivity contribution in [1.82, 2.24) is 24.8 Å². The van der Waals surface area contributed by atoms with Crippen LogP contribution in [0.3, 0.4) is 0 Å². The molecule has 2 N–H and O–H groups in total. The van der Waals surface area contributed by atoms with Gasteiger partial charge in [-0.3, -0.25) is 0 Å². The van der Waals surface area contributed by atoms with Crippen LogP contribution in [0.2, 0.25) is 5.02 Å². The third kappa shape index (κ3) is 4.54. The summed E-state index contributed by atoms with van der Waals surface area (Å²) < 4.78 is 19.5.